The molecule has 0 aliphatic heterocycles. The van der Waals surface area contributed by atoms with E-state index in [9.17, 15) is 72.9 Å². The van der Waals surface area contributed by atoms with Gasteiger partial charge in [-0.25, -0.2) is 0 Å². The number of hydrogen-bond acceptors (Lipinski definition) is 5. The van der Waals surface area contributed by atoms with Crippen molar-refractivity contribution in [1.29, 1.82) is 5.41 Å². The fourth-order valence-electron chi connectivity index (χ4n) is 1.91. The van der Waals surface area contributed by atoms with E-state index in [0.717, 1.165) is 0 Å². The van der Waals surface area contributed by atoms with Gasteiger partial charge in [0.25, 0.3) is 11.4 Å². The van der Waals surface area contributed by atoms with Crippen LogP contribution in [-0.2, 0) is 5.92 Å². The van der Waals surface area contributed by atoms with E-state index in [0.29, 0.717) is 5.32 Å². The number of anilines is 1. The Morgan fingerprint density at radius 3 is 1.44 bits per heavy atom. The average Bonchev–Trinajstić information content (AvgIpc) is 2.58. The molecule has 180 valence electrons. The van der Waals surface area contributed by atoms with Crippen molar-refractivity contribution in [2.75, 3.05) is 5.32 Å². The highest BCUT2D eigenvalue weighted by Gasteiger charge is 2.74. The Bertz CT molecular complexity index is 921. The molecule has 1 aromatic carbocycles. The van der Waals surface area contributed by atoms with Crippen LogP contribution in [0.25, 0.3) is 0 Å². The number of benzene rings is 1. The molecule has 0 unspecified atom stereocenters. The van der Waals surface area contributed by atoms with Gasteiger partial charge in [-0.15, -0.1) is 0 Å². The molecule has 0 aliphatic carbocycles. The van der Waals surface area contributed by atoms with Crippen molar-refractivity contribution in [3.05, 3.63) is 37.9 Å². The fraction of sp³-hybridized carbons (Fsp3) is 0.417. The molecule has 32 heavy (non-hydrogen) atoms. The van der Waals surface area contributed by atoms with E-state index in [1.54, 1.807) is 0 Å². The van der Waals surface area contributed by atoms with Crippen LogP contribution in [0.1, 0.15) is 5.56 Å². The number of amidine groups is 1. The molecular formula is C12H4F12N4O4. The molecule has 0 aliphatic rings. The van der Waals surface area contributed by atoms with E-state index in [1.807, 2.05) is 0 Å². The summed E-state index contributed by atoms with van der Waals surface area (Å²) in [5.41, 5.74) is -9.36. The average molecular weight is 496 g/mol. The first-order chi connectivity index (χ1) is 14.0. The maximum absolute atomic E-state index is 13.8. The van der Waals surface area contributed by atoms with E-state index in [4.69, 9.17) is 5.41 Å². The summed E-state index contributed by atoms with van der Waals surface area (Å²) >= 11 is 0. The largest absolute Gasteiger partial charge is 0.461 e. The van der Waals surface area contributed by atoms with Crippen molar-refractivity contribution in [3.8, 4) is 0 Å². The van der Waals surface area contributed by atoms with E-state index in [2.05, 4.69) is 0 Å². The molecule has 0 fully saturated rings. The van der Waals surface area contributed by atoms with Gasteiger partial charge in [-0.1, -0.05) is 0 Å². The summed E-state index contributed by atoms with van der Waals surface area (Å²) in [5.74, 6) is -22.5. The second kappa shape index (κ2) is 7.65. The second-order valence-corrected chi connectivity index (χ2v) is 5.62. The molecule has 0 spiro atoms. The second-order valence-electron chi connectivity index (χ2n) is 5.62. The molecule has 0 aromatic heterocycles. The number of hydrogen-bond donors (Lipinski definition) is 2. The van der Waals surface area contributed by atoms with E-state index < -0.39 is 80.6 Å². The Balaban J connectivity index is 3.84. The Morgan fingerprint density at radius 1 is 0.781 bits per heavy atom. The third kappa shape index (κ3) is 4.33. The van der Waals surface area contributed by atoms with Crippen molar-refractivity contribution in [2.24, 2.45) is 0 Å². The standard InChI is InChI=1S/C12H4F12N4O4/c13-8(14,10(17,18)12(22,23)24)3-1-4(27(29)30)6(5(2-3)28(31)32)26-7(25)9(15,16)11(19,20)21/h1-2H,(H2,25,26). The van der Waals surface area contributed by atoms with Gasteiger partial charge in [0.15, 0.2) is 11.5 Å². The van der Waals surface area contributed by atoms with E-state index >= 15 is 0 Å². The Labute approximate surface area is 165 Å². The Kier molecular flexibility index (Phi) is 6.38. The zero-order valence-corrected chi connectivity index (χ0v) is 14.2. The van der Waals surface area contributed by atoms with Crippen LogP contribution < -0.4 is 5.32 Å². The van der Waals surface area contributed by atoms with Crippen LogP contribution in [-0.4, -0.2) is 39.9 Å². The molecule has 0 saturated carbocycles. The first-order valence-corrected chi connectivity index (χ1v) is 7.10. The van der Waals surface area contributed by atoms with Gasteiger partial charge in [-0.05, 0) is 0 Å². The van der Waals surface area contributed by atoms with Crippen molar-refractivity contribution in [3.63, 3.8) is 0 Å². The predicted molar refractivity (Wildman–Crippen MR) is 77.0 cm³/mol. The van der Waals surface area contributed by atoms with E-state index in [1.165, 1.54) is 0 Å². The van der Waals surface area contributed by atoms with Crippen LogP contribution in [0.15, 0.2) is 12.1 Å². The summed E-state index contributed by atoms with van der Waals surface area (Å²) in [4.78, 5) is 17.9. The first kappa shape index (κ1) is 26.7. The Morgan fingerprint density at radius 2 is 1.16 bits per heavy atom. The molecule has 1 rings (SSSR count). The lowest BCUT2D eigenvalue weighted by Gasteiger charge is -2.28. The van der Waals surface area contributed by atoms with Gasteiger partial charge in [0.2, 0.25) is 0 Å². The van der Waals surface area contributed by atoms with Crippen LogP contribution in [0.2, 0.25) is 0 Å². The Hall–Kier alpha value is -3.35. The molecule has 8 nitrogen and oxygen atoms in total. The highest BCUT2D eigenvalue weighted by atomic mass is 19.4. The summed E-state index contributed by atoms with van der Waals surface area (Å²) in [6.07, 6.45) is -13.5. The minimum absolute atomic E-state index is 0.612. The monoisotopic (exact) mass is 496 g/mol. The number of alkyl halides is 12. The quantitative estimate of drug-likeness (QED) is 0.180. The van der Waals surface area contributed by atoms with Crippen LogP contribution in [0, 0.1) is 25.6 Å². The van der Waals surface area contributed by atoms with Gasteiger partial charge in [-0.3, -0.25) is 25.6 Å². The number of nitrogens with one attached hydrogen (secondary N) is 2. The van der Waals surface area contributed by atoms with Gasteiger partial charge in [0.05, 0.1) is 9.85 Å². The predicted octanol–water partition coefficient (Wildman–Crippen LogP) is 5.38. The SMILES string of the molecule is N=C(Nc1c([N+](=O)[O-])cc(C(F)(F)C(F)(F)C(F)(F)F)cc1[N+](=O)[O-])C(F)(F)C(F)(F)F. The molecule has 0 atom stereocenters. The summed E-state index contributed by atoms with van der Waals surface area (Å²) in [6, 6.07) is -1.68. The molecule has 1 aromatic rings. The number of nitrogens with zero attached hydrogens (tertiary/aromatic N) is 2. The number of rotatable bonds is 6. The van der Waals surface area contributed by atoms with Crippen molar-refractivity contribution in [1.82, 2.24) is 0 Å². The summed E-state index contributed by atoms with van der Waals surface area (Å²) in [7, 11) is 0. The van der Waals surface area contributed by atoms with Crippen LogP contribution in [0.4, 0.5) is 69.7 Å². The van der Waals surface area contributed by atoms with Crippen LogP contribution in [0.3, 0.4) is 0 Å². The third-order valence-electron chi connectivity index (χ3n) is 3.52. The third-order valence-corrected chi connectivity index (χ3v) is 3.52. The first-order valence-electron chi connectivity index (χ1n) is 7.10. The van der Waals surface area contributed by atoms with Crippen molar-refractivity contribution < 1.29 is 62.5 Å². The van der Waals surface area contributed by atoms with E-state index in [-0.39, 0.29) is 0 Å². The lowest BCUT2D eigenvalue weighted by atomic mass is 9.99. The molecular weight excluding hydrogens is 492 g/mol. The van der Waals surface area contributed by atoms with Gasteiger partial charge in [-0.2, -0.15) is 52.7 Å². The van der Waals surface area contributed by atoms with Gasteiger partial charge < -0.3 is 5.32 Å². The molecule has 0 radical (unpaired) electrons. The maximum Gasteiger partial charge on any atom is 0.461 e. The number of nitro groups is 2. The van der Waals surface area contributed by atoms with Crippen LogP contribution >= 0.6 is 0 Å². The zero-order valence-electron chi connectivity index (χ0n) is 14.2. The normalized spacial score (nSPS) is 13.6. The minimum Gasteiger partial charge on any atom is -0.328 e. The topological polar surface area (TPSA) is 122 Å². The van der Waals surface area contributed by atoms with Gasteiger partial charge >= 0.3 is 30.1 Å². The molecule has 0 bridgehead atoms. The molecule has 0 heterocycles. The van der Waals surface area contributed by atoms with Crippen molar-refractivity contribution >= 4 is 22.9 Å². The summed E-state index contributed by atoms with van der Waals surface area (Å²) < 4.78 is 154. The highest BCUT2D eigenvalue weighted by Crippen LogP contribution is 2.53. The molecule has 0 saturated heterocycles. The molecule has 0 amide bonds. The fourth-order valence-corrected chi connectivity index (χ4v) is 1.91. The summed E-state index contributed by atoms with van der Waals surface area (Å²) in [5, 5.41) is 29.2. The van der Waals surface area contributed by atoms with Crippen molar-refractivity contribution in [2.45, 2.75) is 30.1 Å². The number of nitro benzene ring substituents is 2. The molecule has 2 N–H and O–H groups in total. The highest BCUT2D eigenvalue weighted by molar-refractivity contribution is 6.02. The summed E-state index contributed by atoms with van der Waals surface area (Å²) in [6.45, 7) is 0. The maximum atomic E-state index is 13.8. The van der Waals surface area contributed by atoms with Gasteiger partial charge in [0.1, 0.15) is 0 Å². The van der Waals surface area contributed by atoms with Crippen LogP contribution in [0.5, 0.6) is 0 Å². The lowest BCUT2D eigenvalue weighted by molar-refractivity contribution is -0.393. The lowest BCUT2D eigenvalue weighted by Crippen LogP contribution is -2.50. The minimum atomic E-state index is -6.98. The number of halogens is 12. The smallest absolute Gasteiger partial charge is 0.328 e. The molecule has 20 heteroatoms. The zero-order chi connectivity index (χ0) is 25.7. The van der Waals surface area contributed by atoms with Gasteiger partial charge in [0, 0.05) is 17.7 Å².